The van der Waals surface area contributed by atoms with Gasteiger partial charge in [-0.15, -0.1) is 11.3 Å². The van der Waals surface area contributed by atoms with Crippen LogP contribution in [0, 0.1) is 0 Å². The lowest BCUT2D eigenvalue weighted by Crippen LogP contribution is -2.48. The topological polar surface area (TPSA) is 95.6 Å². The minimum Gasteiger partial charge on any atom is -0.323 e. The maximum absolute atomic E-state index is 12.6. The Morgan fingerprint density at radius 3 is 2.57 bits per heavy atom. The van der Waals surface area contributed by atoms with Crippen LogP contribution < -0.4 is 10.6 Å². The van der Waals surface area contributed by atoms with Gasteiger partial charge in [-0.3, -0.25) is 14.4 Å². The molecule has 7 nitrogen and oxygen atoms in total. The number of thiophene rings is 1. The Kier molecular flexibility index (Phi) is 3.93. The number of carbonyl (C=O) groups is 4. The van der Waals surface area contributed by atoms with Gasteiger partial charge in [0.05, 0.1) is 9.88 Å². The van der Waals surface area contributed by atoms with Crippen molar-refractivity contribution in [3.63, 3.8) is 0 Å². The molecule has 0 unspecified atom stereocenters. The van der Waals surface area contributed by atoms with E-state index in [1.807, 2.05) is 0 Å². The molecule has 1 spiro atoms. The monoisotopic (exact) mass is 335 g/mol. The fourth-order valence-electron chi connectivity index (χ4n) is 3.10. The Labute approximate surface area is 137 Å². The van der Waals surface area contributed by atoms with Crippen LogP contribution in [0.15, 0.2) is 12.1 Å². The highest BCUT2D eigenvalue weighted by atomic mass is 32.1. The summed E-state index contributed by atoms with van der Waals surface area (Å²) in [6.07, 6.45) is 3.90. The zero-order chi connectivity index (χ0) is 16.6. The molecule has 2 fully saturated rings. The molecule has 3 rings (SSSR count). The van der Waals surface area contributed by atoms with Crippen molar-refractivity contribution >= 4 is 40.1 Å². The molecule has 2 heterocycles. The molecule has 122 valence electrons. The van der Waals surface area contributed by atoms with Crippen molar-refractivity contribution in [3.8, 4) is 0 Å². The Morgan fingerprint density at radius 2 is 1.91 bits per heavy atom. The van der Waals surface area contributed by atoms with Gasteiger partial charge in [0, 0.05) is 6.92 Å². The van der Waals surface area contributed by atoms with Crippen LogP contribution in [0.2, 0.25) is 0 Å². The van der Waals surface area contributed by atoms with Crippen molar-refractivity contribution in [2.75, 3.05) is 5.32 Å². The predicted octanol–water partition coefficient (Wildman–Crippen LogP) is 2.10. The van der Waals surface area contributed by atoms with Gasteiger partial charge in [-0.2, -0.15) is 4.90 Å². The first-order chi connectivity index (χ1) is 10.9. The number of nitrogens with zero attached hydrogens (tertiary/aromatic N) is 1. The second kappa shape index (κ2) is 5.77. The number of hydrogen-bond donors (Lipinski definition) is 2. The summed E-state index contributed by atoms with van der Waals surface area (Å²) in [4.78, 5) is 49.3. The van der Waals surface area contributed by atoms with Crippen molar-refractivity contribution in [3.05, 3.63) is 17.0 Å². The largest absolute Gasteiger partial charge is 0.332 e. The molecule has 23 heavy (non-hydrogen) atoms. The van der Waals surface area contributed by atoms with Crippen LogP contribution >= 0.6 is 11.3 Å². The van der Waals surface area contributed by atoms with E-state index in [4.69, 9.17) is 0 Å². The van der Waals surface area contributed by atoms with Crippen molar-refractivity contribution in [1.29, 1.82) is 0 Å². The molecular formula is C15H17N3O4S. The fraction of sp³-hybridized carbons (Fsp3) is 0.467. The number of anilines is 1. The van der Waals surface area contributed by atoms with Crippen LogP contribution in [0.25, 0.3) is 0 Å². The third kappa shape index (κ3) is 2.74. The first kappa shape index (κ1) is 15.7. The highest BCUT2D eigenvalue weighted by Crippen LogP contribution is 2.35. The Morgan fingerprint density at radius 1 is 1.22 bits per heavy atom. The summed E-state index contributed by atoms with van der Waals surface area (Å²) in [6, 6.07) is 2.43. The van der Waals surface area contributed by atoms with Gasteiger partial charge in [-0.05, 0) is 25.0 Å². The maximum Gasteiger partial charge on any atom is 0.332 e. The summed E-state index contributed by atoms with van der Waals surface area (Å²) in [5, 5.41) is 5.78. The lowest BCUT2D eigenvalue weighted by molar-refractivity contribution is -0.130. The number of amides is 5. The number of carbonyl (C=O) groups excluding carboxylic acids is 4. The van der Waals surface area contributed by atoms with Gasteiger partial charge >= 0.3 is 6.03 Å². The van der Waals surface area contributed by atoms with E-state index in [0.29, 0.717) is 22.7 Å². The molecule has 1 aliphatic heterocycles. The first-order valence-electron chi connectivity index (χ1n) is 7.51. The molecule has 5 amide bonds. The van der Waals surface area contributed by atoms with Crippen molar-refractivity contribution < 1.29 is 19.2 Å². The fourth-order valence-corrected chi connectivity index (χ4v) is 3.99. The van der Waals surface area contributed by atoms with Crippen molar-refractivity contribution in [2.45, 2.75) is 44.6 Å². The second-order valence-electron chi connectivity index (χ2n) is 5.86. The van der Waals surface area contributed by atoms with E-state index in [9.17, 15) is 19.2 Å². The summed E-state index contributed by atoms with van der Waals surface area (Å²) in [5.74, 6) is -1.35. The minimum absolute atomic E-state index is 0.241. The van der Waals surface area contributed by atoms with Crippen LogP contribution in [-0.4, -0.2) is 34.2 Å². The van der Waals surface area contributed by atoms with Gasteiger partial charge in [-0.1, -0.05) is 19.3 Å². The van der Waals surface area contributed by atoms with Gasteiger partial charge in [-0.25, -0.2) is 4.79 Å². The van der Waals surface area contributed by atoms with Gasteiger partial charge in [0.15, 0.2) is 0 Å². The van der Waals surface area contributed by atoms with Gasteiger partial charge in [0.25, 0.3) is 11.8 Å². The van der Waals surface area contributed by atoms with Gasteiger partial charge in [0.1, 0.15) is 5.54 Å². The number of rotatable bonds is 2. The number of imide groups is 3. The predicted molar refractivity (Wildman–Crippen MR) is 84.1 cm³/mol. The molecule has 0 atom stereocenters. The second-order valence-corrected chi connectivity index (χ2v) is 6.95. The Bertz CT molecular complexity index is 691. The molecule has 0 aromatic carbocycles. The van der Waals surface area contributed by atoms with Crippen LogP contribution in [0.5, 0.6) is 0 Å². The van der Waals surface area contributed by atoms with E-state index in [2.05, 4.69) is 10.6 Å². The van der Waals surface area contributed by atoms with E-state index >= 15 is 0 Å². The minimum atomic E-state index is -0.914. The maximum atomic E-state index is 12.6. The molecule has 2 aliphatic rings. The van der Waals surface area contributed by atoms with Gasteiger partial charge < -0.3 is 10.6 Å². The smallest absolute Gasteiger partial charge is 0.323 e. The van der Waals surface area contributed by atoms with E-state index in [1.54, 1.807) is 6.07 Å². The summed E-state index contributed by atoms with van der Waals surface area (Å²) in [7, 11) is 0. The van der Waals surface area contributed by atoms with E-state index in [-0.39, 0.29) is 10.8 Å². The van der Waals surface area contributed by atoms with Crippen LogP contribution in [0.3, 0.4) is 0 Å². The van der Waals surface area contributed by atoms with Crippen LogP contribution in [-0.2, 0) is 9.59 Å². The zero-order valence-electron chi connectivity index (χ0n) is 12.7. The Balaban J connectivity index is 1.82. The lowest BCUT2D eigenvalue weighted by Gasteiger charge is -2.30. The molecule has 0 radical (unpaired) electrons. The number of urea groups is 1. The van der Waals surface area contributed by atoms with Crippen LogP contribution in [0.4, 0.5) is 9.80 Å². The van der Waals surface area contributed by atoms with Gasteiger partial charge in [0.2, 0.25) is 5.91 Å². The molecule has 1 saturated carbocycles. The summed E-state index contributed by atoms with van der Waals surface area (Å²) in [5.41, 5.74) is -0.914. The molecule has 2 N–H and O–H groups in total. The first-order valence-corrected chi connectivity index (χ1v) is 8.33. The highest BCUT2D eigenvalue weighted by Gasteiger charge is 2.53. The van der Waals surface area contributed by atoms with E-state index in [0.717, 1.165) is 30.6 Å². The van der Waals surface area contributed by atoms with E-state index < -0.39 is 23.4 Å². The van der Waals surface area contributed by atoms with Crippen molar-refractivity contribution in [2.24, 2.45) is 0 Å². The molecule has 1 aromatic rings. The molecule has 1 saturated heterocycles. The highest BCUT2D eigenvalue weighted by molar-refractivity contribution is 7.18. The lowest BCUT2D eigenvalue weighted by atomic mass is 9.82. The summed E-state index contributed by atoms with van der Waals surface area (Å²) >= 11 is 1.04. The summed E-state index contributed by atoms with van der Waals surface area (Å²) in [6.45, 7) is 1.37. The van der Waals surface area contributed by atoms with Crippen LogP contribution in [0.1, 0.15) is 48.7 Å². The summed E-state index contributed by atoms with van der Waals surface area (Å²) < 4.78 is 0. The standard InChI is InChI=1S/C15H17N3O4S/c1-9(19)16-11-6-5-10(23-11)12(20)18-13(21)15(17-14(18)22)7-3-2-4-8-15/h5-6H,2-4,7-8H2,1H3,(H,16,19)(H,17,22). The SMILES string of the molecule is CC(=O)Nc1ccc(C(=O)N2C(=O)NC3(CCCCC3)C2=O)s1. The number of nitrogens with one attached hydrogen (secondary N) is 2. The molecular weight excluding hydrogens is 318 g/mol. The molecule has 1 aliphatic carbocycles. The third-order valence-electron chi connectivity index (χ3n) is 4.19. The average molecular weight is 335 g/mol. The number of hydrogen-bond acceptors (Lipinski definition) is 5. The van der Waals surface area contributed by atoms with Crippen molar-refractivity contribution in [1.82, 2.24) is 10.2 Å². The average Bonchev–Trinajstić information content (AvgIpc) is 3.03. The third-order valence-corrected chi connectivity index (χ3v) is 5.18. The zero-order valence-corrected chi connectivity index (χ0v) is 13.5. The molecule has 0 bridgehead atoms. The molecule has 1 aromatic heterocycles. The Hall–Kier alpha value is -2.22. The quantitative estimate of drug-likeness (QED) is 0.639. The molecule has 8 heteroatoms. The normalized spacial score (nSPS) is 19.8. The van der Waals surface area contributed by atoms with E-state index in [1.165, 1.54) is 13.0 Å².